The van der Waals surface area contributed by atoms with Gasteiger partial charge < -0.3 is 19.2 Å². The number of hydrogen-bond donors (Lipinski definition) is 2. The van der Waals surface area contributed by atoms with Crippen molar-refractivity contribution >= 4 is 5.91 Å². The average Bonchev–Trinajstić information content (AvgIpc) is 3.32. The number of benzene rings is 1. The number of aromatic amines is 1. The molecule has 2 N–H and O–H groups in total. The van der Waals surface area contributed by atoms with Gasteiger partial charge in [0.05, 0.1) is 18.5 Å². The maximum atomic E-state index is 12.1. The Morgan fingerprint density at radius 1 is 1.22 bits per heavy atom. The molecule has 3 heterocycles. The van der Waals surface area contributed by atoms with Crippen molar-refractivity contribution < 1.29 is 18.7 Å². The minimum atomic E-state index is -0.249. The fourth-order valence-corrected chi connectivity index (χ4v) is 2.32. The second-order valence-electron chi connectivity index (χ2n) is 5.00. The van der Waals surface area contributed by atoms with Gasteiger partial charge in [0.15, 0.2) is 11.5 Å². The summed E-state index contributed by atoms with van der Waals surface area (Å²) >= 11 is 0. The molecule has 7 heteroatoms. The normalized spacial score (nSPS) is 12.3. The van der Waals surface area contributed by atoms with Crippen molar-refractivity contribution in [3.05, 3.63) is 54.1 Å². The molecular weight excluding hydrogens is 298 g/mol. The molecule has 116 valence electrons. The summed E-state index contributed by atoms with van der Waals surface area (Å²) in [5, 5.41) is 9.67. The van der Waals surface area contributed by atoms with Gasteiger partial charge in [0.2, 0.25) is 6.79 Å². The molecule has 1 aromatic carbocycles. The van der Waals surface area contributed by atoms with Crippen molar-refractivity contribution in [2.75, 3.05) is 6.79 Å². The van der Waals surface area contributed by atoms with Crippen LogP contribution in [-0.2, 0) is 6.54 Å². The zero-order valence-electron chi connectivity index (χ0n) is 12.0. The van der Waals surface area contributed by atoms with Crippen LogP contribution in [0, 0.1) is 0 Å². The van der Waals surface area contributed by atoms with E-state index in [1.807, 2.05) is 18.2 Å². The summed E-state index contributed by atoms with van der Waals surface area (Å²) in [5.41, 5.74) is 1.88. The van der Waals surface area contributed by atoms with E-state index in [1.54, 1.807) is 24.5 Å². The summed E-state index contributed by atoms with van der Waals surface area (Å²) in [7, 11) is 0. The van der Waals surface area contributed by atoms with Gasteiger partial charge in [-0.2, -0.15) is 5.10 Å². The van der Waals surface area contributed by atoms with Crippen LogP contribution in [0.2, 0.25) is 0 Å². The van der Waals surface area contributed by atoms with Crippen LogP contribution in [0.4, 0.5) is 0 Å². The predicted octanol–water partition coefficient (Wildman–Crippen LogP) is 2.33. The van der Waals surface area contributed by atoms with E-state index in [2.05, 4.69) is 15.5 Å². The van der Waals surface area contributed by atoms with Gasteiger partial charge in [-0.1, -0.05) is 0 Å². The van der Waals surface area contributed by atoms with Crippen LogP contribution in [0.3, 0.4) is 0 Å². The fraction of sp³-hybridized carbons (Fsp3) is 0.125. The van der Waals surface area contributed by atoms with Crippen molar-refractivity contribution in [1.29, 1.82) is 0 Å². The standard InChI is InChI=1S/C16H13N3O4/c20-16(17-8-11-2-1-5-21-11)13-7-12(18-19-13)10-3-4-14-15(6-10)23-9-22-14/h1-7H,8-9H2,(H,17,20)(H,18,19). The lowest BCUT2D eigenvalue weighted by atomic mass is 10.1. The van der Waals surface area contributed by atoms with E-state index in [-0.39, 0.29) is 12.7 Å². The maximum absolute atomic E-state index is 12.1. The largest absolute Gasteiger partial charge is 0.467 e. The van der Waals surface area contributed by atoms with Crippen LogP contribution in [-0.4, -0.2) is 22.9 Å². The number of furan rings is 1. The average molecular weight is 311 g/mol. The third kappa shape index (κ3) is 2.64. The van der Waals surface area contributed by atoms with Crippen LogP contribution in [0.1, 0.15) is 16.2 Å². The number of hydrogen-bond acceptors (Lipinski definition) is 5. The van der Waals surface area contributed by atoms with Gasteiger partial charge >= 0.3 is 0 Å². The number of nitrogens with one attached hydrogen (secondary N) is 2. The van der Waals surface area contributed by atoms with E-state index in [1.165, 1.54) is 0 Å². The summed E-state index contributed by atoms with van der Waals surface area (Å²) < 4.78 is 15.8. The van der Waals surface area contributed by atoms with Gasteiger partial charge in [-0.25, -0.2) is 0 Å². The van der Waals surface area contributed by atoms with E-state index in [0.717, 1.165) is 5.56 Å². The molecule has 0 unspecified atom stereocenters. The zero-order valence-corrected chi connectivity index (χ0v) is 12.0. The molecule has 0 saturated heterocycles. The molecule has 0 fully saturated rings. The summed E-state index contributed by atoms with van der Waals surface area (Å²) in [4.78, 5) is 12.1. The molecule has 1 aliphatic rings. The summed E-state index contributed by atoms with van der Waals surface area (Å²) in [6.45, 7) is 0.546. The summed E-state index contributed by atoms with van der Waals surface area (Å²) in [6.07, 6.45) is 1.56. The third-order valence-corrected chi connectivity index (χ3v) is 3.49. The van der Waals surface area contributed by atoms with Gasteiger partial charge in [0.25, 0.3) is 5.91 Å². The molecule has 0 radical (unpaired) electrons. The fourth-order valence-electron chi connectivity index (χ4n) is 2.32. The first-order chi connectivity index (χ1) is 11.3. The van der Waals surface area contributed by atoms with Crippen molar-refractivity contribution in [2.45, 2.75) is 6.54 Å². The van der Waals surface area contributed by atoms with E-state index >= 15 is 0 Å². The van der Waals surface area contributed by atoms with Crippen LogP contribution >= 0.6 is 0 Å². The third-order valence-electron chi connectivity index (χ3n) is 3.49. The lowest BCUT2D eigenvalue weighted by Gasteiger charge is -2.00. The van der Waals surface area contributed by atoms with Gasteiger partial charge in [-0.05, 0) is 36.4 Å². The summed E-state index contributed by atoms with van der Waals surface area (Å²) in [6, 6.07) is 10.8. The van der Waals surface area contributed by atoms with Crippen molar-refractivity contribution in [3.63, 3.8) is 0 Å². The highest BCUT2D eigenvalue weighted by atomic mass is 16.7. The van der Waals surface area contributed by atoms with Gasteiger partial charge in [0, 0.05) is 5.56 Å². The molecule has 2 aromatic heterocycles. The predicted molar refractivity (Wildman–Crippen MR) is 80.0 cm³/mol. The van der Waals surface area contributed by atoms with Crippen LogP contribution < -0.4 is 14.8 Å². The van der Waals surface area contributed by atoms with Gasteiger partial charge in [-0.3, -0.25) is 9.89 Å². The van der Waals surface area contributed by atoms with Crippen molar-refractivity contribution in [3.8, 4) is 22.8 Å². The quantitative estimate of drug-likeness (QED) is 0.772. The highest BCUT2D eigenvalue weighted by Crippen LogP contribution is 2.35. The number of carbonyl (C=O) groups is 1. The van der Waals surface area contributed by atoms with E-state index in [4.69, 9.17) is 13.9 Å². The Labute approximate surface area is 131 Å². The molecule has 0 atom stereocenters. The number of H-pyrrole nitrogens is 1. The Morgan fingerprint density at radius 2 is 2.13 bits per heavy atom. The smallest absolute Gasteiger partial charge is 0.269 e. The number of nitrogens with zero attached hydrogens (tertiary/aromatic N) is 1. The lowest BCUT2D eigenvalue weighted by molar-refractivity contribution is 0.0943. The zero-order chi connectivity index (χ0) is 15.6. The van der Waals surface area contributed by atoms with Gasteiger partial charge in [0.1, 0.15) is 11.5 Å². The molecule has 0 spiro atoms. The first-order valence-corrected chi connectivity index (χ1v) is 7.05. The number of rotatable bonds is 4. The second kappa shape index (κ2) is 5.53. The monoisotopic (exact) mass is 311 g/mol. The maximum Gasteiger partial charge on any atom is 0.269 e. The molecule has 0 bridgehead atoms. The molecule has 3 aromatic rings. The second-order valence-corrected chi connectivity index (χ2v) is 5.00. The Morgan fingerprint density at radius 3 is 3.00 bits per heavy atom. The molecule has 4 rings (SSSR count). The Bertz CT molecular complexity index is 839. The number of aromatic nitrogens is 2. The molecule has 0 saturated carbocycles. The van der Waals surface area contributed by atoms with E-state index in [9.17, 15) is 4.79 Å². The Balaban J connectivity index is 1.49. The number of ether oxygens (including phenoxy) is 2. The Kier molecular flexibility index (Phi) is 3.23. The molecular formula is C16H13N3O4. The van der Waals surface area contributed by atoms with Crippen molar-refractivity contribution in [1.82, 2.24) is 15.5 Å². The molecule has 1 aliphatic heterocycles. The highest BCUT2D eigenvalue weighted by molar-refractivity contribution is 5.93. The van der Waals surface area contributed by atoms with Crippen LogP contribution in [0.25, 0.3) is 11.3 Å². The van der Waals surface area contributed by atoms with Crippen LogP contribution in [0.5, 0.6) is 11.5 Å². The first-order valence-electron chi connectivity index (χ1n) is 7.05. The number of carbonyl (C=O) groups excluding carboxylic acids is 1. The first kappa shape index (κ1) is 13.4. The lowest BCUT2D eigenvalue weighted by Crippen LogP contribution is -2.22. The topological polar surface area (TPSA) is 89.4 Å². The van der Waals surface area contributed by atoms with Crippen LogP contribution in [0.15, 0.2) is 47.1 Å². The molecule has 1 amide bonds. The Hall–Kier alpha value is -3.22. The molecule has 7 nitrogen and oxygen atoms in total. The minimum Gasteiger partial charge on any atom is -0.467 e. The SMILES string of the molecule is O=C(NCc1ccco1)c1cc(-c2ccc3c(c2)OCO3)n[nH]1. The van der Waals surface area contributed by atoms with E-state index < -0.39 is 0 Å². The van der Waals surface area contributed by atoms with E-state index in [0.29, 0.717) is 35.2 Å². The minimum absolute atomic E-state index is 0.222. The number of amides is 1. The molecule has 23 heavy (non-hydrogen) atoms. The highest BCUT2D eigenvalue weighted by Gasteiger charge is 2.16. The van der Waals surface area contributed by atoms with Gasteiger partial charge in [-0.15, -0.1) is 0 Å². The molecule has 0 aliphatic carbocycles. The van der Waals surface area contributed by atoms with Crippen molar-refractivity contribution in [2.24, 2.45) is 0 Å². The number of fused-ring (bicyclic) bond motifs is 1. The summed E-state index contributed by atoms with van der Waals surface area (Å²) in [5.74, 6) is 1.82.